The van der Waals surface area contributed by atoms with Crippen molar-refractivity contribution in [2.45, 2.75) is 6.54 Å². The minimum atomic E-state index is -0.408. The maximum Gasteiger partial charge on any atom is 0.285 e. The third kappa shape index (κ3) is 2.99. The van der Waals surface area contributed by atoms with E-state index >= 15 is 0 Å². The number of fused-ring (bicyclic) bond motifs is 1. The maximum absolute atomic E-state index is 11.4. The third-order valence-electron chi connectivity index (χ3n) is 3.95. The van der Waals surface area contributed by atoms with Crippen molar-refractivity contribution in [1.29, 1.82) is 0 Å². The van der Waals surface area contributed by atoms with Gasteiger partial charge in [-0.3, -0.25) is 9.36 Å². The first-order chi connectivity index (χ1) is 12.2. The van der Waals surface area contributed by atoms with Gasteiger partial charge in [0, 0.05) is 12.2 Å². The maximum atomic E-state index is 11.4. The number of nitrogens with one attached hydrogen (secondary N) is 2. The van der Waals surface area contributed by atoms with E-state index in [0.29, 0.717) is 12.2 Å². The highest BCUT2D eigenvalue weighted by atomic mass is 35.5. The first kappa shape index (κ1) is 15.4. The molecule has 25 heavy (non-hydrogen) atoms. The molecule has 0 atom stereocenters. The molecule has 124 valence electrons. The molecule has 2 aromatic heterocycles. The fourth-order valence-corrected chi connectivity index (χ4v) is 2.80. The van der Waals surface area contributed by atoms with Gasteiger partial charge in [-0.25, -0.2) is 10.1 Å². The van der Waals surface area contributed by atoms with Crippen molar-refractivity contribution < 1.29 is 0 Å². The second kappa shape index (κ2) is 6.41. The summed E-state index contributed by atoms with van der Waals surface area (Å²) in [4.78, 5) is 15.8. The standard InChI is InChI=1S/C18H14ClN5O/c19-17-15(10-22-23-18(17)25)20-9-12-5-7-13(8-6-12)24-11-21-14-3-1-2-4-16(14)24/h1-8,10-11H,9H2,(H2,20,23,25). The van der Waals surface area contributed by atoms with E-state index in [4.69, 9.17) is 11.6 Å². The van der Waals surface area contributed by atoms with Crippen molar-refractivity contribution in [2.24, 2.45) is 0 Å². The third-order valence-corrected chi connectivity index (χ3v) is 4.32. The first-order valence-corrected chi connectivity index (χ1v) is 8.08. The Balaban J connectivity index is 1.54. The number of rotatable bonds is 4. The summed E-state index contributed by atoms with van der Waals surface area (Å²) in [6.07, 6.45) is 3.31. The number of aromatic amines is 1. The largest absolute Gasteiger partial charge is 0.378 e. The van der Waals surface area contributed by atoms with E-state index < -0.39 is 5.56 Å². The Hall–Kier alpha value is -3.12. The summed E-state index contributed by atoms with van der Waals surface area (Å²) in [5.41, 5.74) is 4.22. The summed E-state index contributed by atoms with van der Waals surface area (Å²) in [6, 6.07) is 16.1. The van der Waals surface area contributed by atoms with Crippen molar-refractivity contribution >= 4 is 28.3 Å². The van der Waals surface area contributed by atoms with E-state index in [9.17, 15) is 4.79 Å². The van der Waals surface area contributed by atoms with Crippen LogP contribution in [0.4, 0.5) is 5.69 Å². The monoisotopic (exact) mass is 351 g/mol. The number of para-hydroxylation sites is 2. The molecule has 0 fully saturated rings. The minimum absolute atomic E-state index is 0.108. The van der Waals surface area contributed by atoms with Crippen LogP contribution in [-0.2, 0) is 6.54 Å². The Labute approximate surface area is 148 Å². The van der Waals surface area contributed by atoms with Gasteiger partial charge in [-0.1, -0.05) is 35.9 Å². The molecule has 0 saturated heterocycles. The van der Waals surface area contributed by atoms with Crippen molar-refractivity contribution in [2.75, 3.05) is 5.32 Å². The lowest BCUT2D eigenvalue weighted by atomic mass is 10.2. The molecule has 0 spiro atoms. The van der Waals surface area contributed by atoms with Crippen LogP contribution in [0.5, 0.6) is 0 Å². The summed E-state index contributed by atoms with van der Waals surface area (Å²) in [5, 5.41) is 9.26. The van der Waals surface area contributed by atoms with Crippen molar-refractivity contribution in [1.82, 2.24) is 19.7 Å². The molecule has 0 aliphatic carbocycles. The van der Waals surface area contributed by atoms with Crippen LogP contribution >= 0.6 is 11.6 Å². The van der Waals surface area contributed by atoms with E-state index in [1.807, 2.05) is 59.4 Å². The zero-order valence-corrected chi connectivity index (χ0v) is 13.9. The van der Waals surface area contributed by atoms with Crippen molar-refractivity contribution in [3.8, 4) is 5.69 Å². The average Bonchev–Trinajstić information content (AvgIpc) is 3.07. The molecule has 0 bridgehead atoms. The van der Waals surface area contributed by atoms with Crippen LogP contribution in [0.2, 0.25) is 5.02 Å². The number of hydrogen-bond acceptors (Lipinski definition) is 4. The van der Waals surface area contributed by atoms with Crippen LogP contribution in [0.25, 0.3) is 16.7 Å². The lowest BCUT2D eigenvalue weighted by Crippen LogP contribution is -2.11. The average molecular weight is 352 g/mol. The smallest absolute Gasteiger partial charge is 0.285 e. The molecule has 0 amide bonds. The Morgan fingerprint density at radius 2 is 1.92 bits per heavy atom. The van der Waals surface area contributed by atoms with Gasteiger partial charge in [-0.05, 0) is 29.8 Å². The fourth-order valence-electron chi connectivity index (χ4n) is 2.64. The molecule has 2 aromatic carbocycles. The molecule has 0 unspecified atom stereocenters. The number of halogens is 1. The van der Waals surface area contributed by atoms with Crippen LogP contribution in [-0.4, -0.2) is 19.7 Å². The topological polar surface area (TPSA) is 75.6 Å². The molecule has 4 rings (SSSR count). The Morgan fingerprint density at radius 1 is 1.12 bits per heavy atom. The predicted molar refractivity (Wildman–Crippen MR) is 98.3 cm³/mol. The zero-order valence-electron chi connectivity index (χ0n) is 13.1. The van der Waals surface area contributed by atoms with Gasteiger partial charge in [0.25, 0.3) is 5.56 Å². The second-order valence-corrected chi connectivity index (χ2v) is 5.93. The van der Waals surface area contributed by atoms with Crippen LogP contribution < -0.4 is 10.9 Å². The van der Waals surface area contributed by atoms with Crippen LogP contribution in [0.15, 0.2) is 65.8 Å². The second-order valence-electron chi connectivity index (χ2n) is 5.55. The van der Waals surface area contributed by atoms with Gasteiger partial charge in [-0.2, -0.15) is 5.10 Å². The normalized spacial score (nSPS) is 10.9. The molecular formula is C18H14ClN5O. The Bertz CT molecular complexity index is 1080. The Morgan fingerprint density at radius 3 is 2.76 bits per heavy atom. The number of imidazole rings is 1. The van der Waals surface area contributed by atoms with E-state index in [0.717, 1.165) is 22.3 Å². The minimum Gasteiger partial charge on any atom is -0.378 e. The number of hydrogen-bond donors (Lipinski definition) is 2. The van der Waals surface area contributed by atoms with Gasteiger partial charge in [0.15, 0.2) is 0 Å². The van der Waals surface area contributed by atoms with Gasteiger partial charge >= 0.3 is 0 Å². The molecule has 7 heteroatoms. The summed E-state index contributed by atoms with van der Waals surface area (Å²) in [7, 11) is 0. The molecule has 0 aliphatic heterocycles. The first-order valence-electron chi connectivity index (χ1n) is 7.71. The van der Waals surface area contributed by atoms with Crippen LogP contribution in [0.3, 0.4) is 0 Å². The van der Waals surface area contributed by atoms with Gasteiger partial charge in [-0.15, -0.1) is 0 Å². The number of aromatic nitrogens is 4. The fraction of sp³-hybridized carbons (Fsp3) is 0.0556. The quantitative estimate of drug-likeness (QED) is 0.591. The van der Waals surface area contributed by atoms with Crippen LogP contribution in [0, 0.1) is 0 Å². The summed E-state index contributed by atoms with van der Waals surface area (Å²) in [5.74, 6) is 0. The van der Waals surface area contributed by atoms with Crippen molar-refractivity contribution in [3.63, 3.8) is 0 Å². The highest BCUT2D eigenvalue weighted by Crippen LogP contribution is 2.19. The predicted octanol–water partition coefficient (Wildman–Crippen LogP) is 3.37. The molecule has 0 aliphatic rings. The molecule has 6 nitrogen and oxygen atoms in total. The van der Waals surface area contributed by atoms with E-state index in [1.54, 1.807) is 0 Å². The highest BCUT2D eigenvalue weighted by molar-refractivity contribution is 6.32. The van der Waals surface area contributed by atoms with E-state index in [-0.39, 0.29) is 5.02 Å². The van der Waals surface area contributed by atoms with Gasteiger partial charge in [0.2, 0.25) is 0 Å². The van der Waals surface area contributed by atoms with Gasteiger partial charge in [0.05, 0.1) is 22.9 Å². The molecular weight excluding hydrogens is 338 g/mol. The SMILES string of the molecule is O=c1[nH]ncc(NCc2ccc(-n3cnc4ccccc43)cc2)c1Cl. The van der Waals surface area contributed by atoms with Gasteiger partial charge < -0.3 is 5.32 Å². The number of benzene rings is 2. The van der Waals surface area contributed by atoms with Crippen LogP contribution in [0.1, 0.15) is 5.56 Å². The number of H-pyrrole nitrogens is 1. The number of anilines is 1. The van der Waals surface area contributed by atoms with Crippen molar-refractivity contribution in [3.05, 3.63) is 82.0 Å². The zero-order chi connectivity index (χ0) is 17.2. The lowest BCUT2D eigenvalue weighted by molar-refractivity contribution is 0.981. The lowest BCUT2D eigenvalue weighted by Gasteiger charge is -2.09. The molecule has 2 heterocycles. The molecule has 2 N–H and O–H groups in total. The number of nitrogens with zero attached hydrogens (tertiary/aromatic N) is 3. The molecule has 0 saturated carbocycles. The summed E-state index contributed by atoms with van der Waals surface area (Å²) in [6.45, 7) is 0.538. The molecule has 0 radical (unpaired) electrons. The highest BCUT2D eigenvalue weighted by Gasteiger charge is 2.06. The van der Waals surface area contributed by atoms with E-state index in [2.05, 4.69) is 20.5 Å². The molecule has 4 aromatic rings. The van der Waals surface area contributed by atoms with E-state index in [1.165, 1.54) is 6.20 Å². The summed E-state index contributed by atoms with van der Waals surface area (Å²) < 4.78 is 2.05. The summed E-state index contributed by atoms with van der Waals surface area (Å²) >= 11 is 5.95. The van der Waals surface area contributed by atoms with Gasteiger partial charge in [0.1, 0.15) is 11.3 Å². The Kier molecular flexibility index (Phi) is 3.95.